The molecule has 4 rings (SSSR count). The van der Waals surface area contributed by atoms with Crippen molar-refractivity contribution in [2.45, 2.75) is 13.2 Å². The smallest absolute Gasteiger partial charge is 0.291 e. The molecule has 2 aromatic carbocycles. The van der Waals surface area contributed by atoms with E-state index in [0.29, 0.717) is 28.8 Å². The van der Waals surface area contributed by atoms with Crippen LogP contribution in [0.15, 0.2) is 71.4 Å². The Kier molecular flexibility index (Phi) is 6.25. The van der Waals surface area contributed by atoms with Crippen LogP contribution < -0.4 is 10.1 Å². The standard InChI is InChI=1S/C22H16Cl2FN3O3/c23-18-4-2-1-3-14(18)11-28-12-16(10-26-28)27-22(29)21-8-6-17(31-21)13-30-20-7-5-15(25)9-19(20)24/h1-10,12H,11,13H2,(H,27,29). The van der Waals surface area contributed by atoms with E-state index in [1.54, 1.807) is 16.9 Å². The first kappa shape index (κ1) is 21.0. The molecule has 0 fully saturated rings. The molecule has 9 heteroatoms. The molecule has 0 unspecified atom stereocenters. The molecular formula is C22H16Cl2FN3O3. The number of nitrogens with zero attached hydrogens (tertiary/aromatic N) is 2. The average molecular weight is 460 g/mol. The van der Waals surface area contributed by atoms with Gasteiger partial charge in [-0.3, -0.25) is 9.48 Å². The third-order valence-electron chi connectivity index (χ3n) is 4.33. The van der Waals surface area contributed by atoms with E-state index in [9.17, 15) is 9.18 Å². The van der Waals surface area contributed by atoms with E-state index in [4.69, 9.17) is 32.4 Å². The molecule has 0 bridgehead atoms. The van der Waals surface area contributed by atoms with Crippen LogP contribution in [0, 0.1) is 5.82 Å². The number of nitrogens with one attached hydrogen (secondary N) is 1. The van der Waals surface area contributed by atoms with Crippen LogP contribution >= 0.6 is 23.2 Å². The highest BCUT2D eigenvalue weighted by atomic mass is 35.5. The van der Waals surface area contributed by atoms with Crippen molar-refractivity contribution in [2.75, 3.05) is 5.32 Å². The first-order valence-corrected chi connectivity index (χ1v) is 9.97. The summed E-state index contributed by atoms with van der Waals surface area (Å²) < 4.78 is 25.8. The SMILES string of the molecule is O=C(Nc1cnn(Cc2ccccc2Cl)c1)c1ccc(COc2ccc(F)cc2Cl)o1. The fourth-order valence-electron chi connectivity index (χ4n) is 2.83. The molecule has 1 amide bonds. The lowest BCUT2D eigenvalue weighted by molar-refractivity contribution is 0.0992. The number of amides is 1. The quantitative estimate of drug-likeness (QED) is 0.379. The van der Waals surface area contributed by atoms with Crippen LogP contribution in [-0.2, 0) is 13.2 Å². The number of halogens is 3. The van der Waals surface area contributed by atoms with Gasteiger partial charge in [0.1, 0.15) is 23.9 Å². The van der Waals surface area contributed by atoms with Gasteiger partial charge in [-0.2, -0.15) is 5.10 Å². The maximum Gasteiger partial charge on any atom is 0.291 e. The number of anilines is 1. The molecule has 4 aromatic rings. The van der Waals surface area contributed by atoms with Gasteiger partial charge in [0.05, 0.1) is 23.5 Å². The van der Waals surface area contributed by atoms with Gasteiger partial charge in [0.25, 0.3) is 5.91 Å². The van der Waals surface area contributed by atoms with Gasteiger partial charge >= 0.3 is 0 Å². The first-order valence-electron chi connectivity index (χ1n) is 9.22. The number of ether oxygens (including phenoxy) is 1. The molecule has 0 atom stereocenters. The number of carbonyl (C=O) groups excluding carboxylic acids is 1. The van der Waals surface area contributed by atoms with Crippen LogP contribution in [0.2, 0.25) is 10.0 Å². The predicted molar refractivity (Wildman–Crippen MR) is 115 cm³/mol. The predicted octanol–water partition coefficient (Wildman–Crippen LogP) is 5.80. The first-order chi connectivity index (χ1) is 15.0. The fraction of sp³-hybridized carbons (Fsp3) is 0.0909. The fourth-order valence-corrected chi connectivity index (χ4v) is 3.24. The monoisotopic (exact) mass is 459 g/mol. The van der Waals surface area contributed by atoms with Crippen molar-refractivity contribution in [3.05, 3.63) is 99.9 Å². The topological polar surface area (TPSA) is 69.3 Å². The van der Waals surface area contributed by atoms with Gasteiger partial charge in [0.2, 0.25) is 0 Å². The molecule has 2 aromatic heterocycles. The Morgan fingerprint density at radius 3 is 2.77 bits per heavy atom. The van der Waals surface area contributed by atoms with Gasteiger partial charge in [0.15, 0.2) is 5.76 Å². The van der Waals surface area contributed by atoms with Crippen LogP contribution in [0.25, 0.3) is 0 Å². The Hall–Kier alpha value is -3.29. The van der Waals surface area contributed by atoms with Crippen LogP contribution in [0.3, 0.4) is 0 Å². The number of rotatable bonds is 7. The molecule has 31 heavy (non-hydrogen) atoms. The molecule has 0 saturated heterocycles. The van der Waals surface area contributed by atoms with E-state index in [0.717, 1.165) is 11.6 Å². The van der Waals surface area contributed by atoms with Gasteiger partial charge in [-0.05, 0) is 42.0 Å². The van der Waals surface area contributed by atoms with Gasteiger partial charge in [-0.25, -0.2) is 4.39 Å². The van der Waals surface area contributed by atoms with Gasteiger partial charge in [-0.1, -0.05) is 41.4 Å². The molecule has 0 radical (unpaired) electrons. The third-order valence-corrected chi connectivity index (χ3v) is 4.99. The second kappa shape index (κ2) is 9.24. The zero-order valence-corrected chi connectivity index (χ0v) is 17.5. The molecule has 0 aliphatic carbocycles. The van der Waals surface area contributed by atoms with E-state index < -0.39 is 11.7 Å². The Bertz CT molecular complexity index is 1220. The van der Waals surface area contributed by atoms with Crippen molar-refractivity contribution in [3.63, 3.8) is 0 Å². The van der Waals surface area contributed by atoms with Crippen LogP contribution in [0.4, 0.5) is 10.1 Å². The minimum absolute atomic E-state index is 0.0361. The van der Waals surface area contributed by atoms with Crippen molar-refractivity contribution < 1.29 is 18.3 Å². The molecule has 1 N–H and O–H groups in total. The largest absolute Gasteiger partial charge is 0.484 e. The van der Waals surface area contributed by atoms with Crippen molar-refractivity contribution in [1.82, 2.24) is 9.78 Å². The summed E-state index contributed by atoms with van der Waals surface area (Å²) >= 11 is 12.1. The zero-order valence-electron chi connectivity index (χ0n) is 16.0. The highest BCUT2D eigenvalue weighted by Crippen LogP contribution is 2.26. The summed E-state index contributed by atoms with van der Waals surface area (Å²) in [6.07, 6.45) is 3.24. The summed E-state index contributed by atoms with van der Waals surface area (Å²) in [7, 11) is 0. The molecule has 2 heterocycles. The highest BCUT2D eigenvalue weighted by Gasteiger charge is 2.14. The lowest BCUT2D eigenvalue weighted by Crippen LogP contribution is -2.10. The second-order valence-corrected chi connectivity index (χ2v) is 7.42. The van der Waals surface area contributed by atoms with E-state index >= 15 is 0 Å². The van der Waals surface area contributed by atoms with E-state index in [1.807, 2.05) is 24.3 Å². The van der Waals surface area contributed by atoms with Crippen molar-refractivity contribution in [2.24, 2.45) is 0 Å². The summed E-state index contributed by atoms with van der Waals surface area (Å²) in [5, 5.41) is 7.76. The normalized spacial score (nSPS) is 10.8. The summed E-state index contributed by atoms with van der Waals surface area (Å²) in [6, 6.07) is 14.5. The Morgan fingerprint density at radius 2 is 1.97 bits per heavy atom. The summed E-state index contributed by atoms with van der Waals surface area (Å²) in [5.41, 5.74) is 1.44. The molecule has 0 saturated carbocycles. The van der Waals surface area contributed by atoms with Crippen molar-refractivity contribution >= 4 is 34.8 Å². The van der Waals surface area contributed by atoms with Crippen LogP contribution in [0.1, 0.15) is 21.9 Å². The Balaban J connectivity index is 1.35. The number of benzene rings is 2. The minimum Gasteiger partial charge on any atom is -0.484 e. The number of carbonyl (C=O) groups is 1. The second-order valence-electron chi connectivity index (χ2n) is 6.60. The highest BCUT2D eigenvalue weighted by molar-refractivity contribution is 6.32. The van der Waals surface area contributed by atoms with Crippen molar-refractivity contribution in [3.8, 4) is 5.75 Å². The number of furan rings is 1. The van der Waals surface area contributed by atoms with Crippen molar-refractivity contribution in [1.29, 1.82) is 0 Å². The molecule has 0 aliphatic rings. The maximum absolute atomic E-state index is 13.1. The number of hydrogen-bond acceptors (Lipinski definition) is 4. The summed E-state index contributed by atoms with van der Waals surface area (Å²) in [6.45, 7) is 0.512. The number of aromatic nitrogens is 2. The number of hydrogen-bond donors (Lipinski definition) is 1. The van der Waals surface area contributed by atoms with E-state index in [1.165, 1.54) is 24.4 Å². The maximum atomic E-state index is 13.1. The Morgan fingerprint density at radius 1 is 1.13 bits per heavy atom. The molecule has 6 nitrogen and oxygen atoms in total. The summed E-state index contributed by atoms with van der Waals surface area (Å²) in [4.78, 5) is 12.4. The lowest BCUT2D eigenvalue weighted by Gasteiger charge is -2.06. The molecule has 0 spiro atoms. The zero-order chi connectivity index (χ0) is 21.8. The van der Waals surface area contributed by atoms with Gasteiger partial charge < -0.3 is 14.5 Å². The van der Waals surface area contributed by atoms with E-state index in [2.05, 4.69) is 10.4 Å². The van der Waals surface area contributed by atoms with Gasteiger partial charge in [0, 0.05) is 11.2 Å². The molecule has 158 valence electrons. The van der Waals surface area contributed by atoms with Crippen LogP contribution in [0.5, 0.6) is 5.75 Å². The minimum atomic E-state index is -0.454. The van der Waals surface area contributed by atoms with Gasteiger partial charge in [-0.15, -0.1) is 0 Å². The Labute approximate surface area is 187 Å². The summed E-state index contributed by atoms with van der Waals surface area (Å²) in [5.74, 6) is -0.0353. The average Bonchev–Trinajstić information content (AvgIpc) is 3.39. The molecular weight excluding hydrogens is 444 g/mol. The van der Waals surface area contributed by atoms with E-state index in [-0.39, 0.29) is 17.4 Å². The third kappa shape index (κ3) is 5.25. The molecule has 0 aliphatic heterocycles. The lowest BCUT2D eigenvalue weighted by atomic mass is 10.2. The van der Waals surface area contributed by atoms with Crippen LogP contribution in [-0.4, -0.2) is 15.7 Å².